The molecule has 3 heterocycles. The normalized spacial score (nSPS) is 19.9. The van der Waals surface area contributed by atoms with Gasteiger partial charge in [0.2, 0.25) is 0 Å². The zero-order valence-corrected chi connectivity index (χ0v) is 45.9. The first-order valence-electron chi connectivity index (χ1n) is 23.9. The van der Waals surface area contributed by atoms with Gasteiger partial charge in [-0.3, -0.25) is 0 Å². The van der Waals surface area contributed by atoms with Crippen LogP contribution >= 0.6 is 15.9 Å². The lowest BCUT2D eigenvalue weighted by molar-refractivity contribution is 0.00578. The number of benzene rings is 2. The molecule has 3 aliphatic rings. The summed E-state index contributed by atoms with van der Waals surface area (Å²) in [6.45, 7) is 42.5. The van der Waals surface area contributed by atoms with Crippen molar-refractivity contribution in [1.29, 1.82) is 0 Å². The van der Waals surface area contributed by atoms with E-state index in [1.54, 1.807) is 9.80 Å². The fourth-order valence-corrected chi connectivity index (χ4v) is 6.87. The highest BCUT2D eigenvalue weighted by atomic mass is 79.9. The number of halogens is 1. The van der Waals surface area contributed by atoms with Gasteiger partial charge < -0.3 is 47.2 Å². The molecule has 370 valence electrons. The number of ether oxygens (including phenoxy) is 2. The Morgan fingerprint density at radius 3 is 1.09 bits per heavy atom. The number of rotatable bonds is 12. The molecule has 2 amide bonds. The number of unbranched alkanes of at least 4 members (excludes halogenated alkanes) is 2. The summed E-state index contributed by atoms with van der Waals surface area (Å²) in [4.78, 5) is 28.3. The Morgan fingerprint density at radius 2 is 0.803 bits per heavy atom. The van der Waals surface area contributed by atoms with Crippen LogP contribution in [-0.4, -0.2) is 101 Å². The molecule has 3 fully saturated rings. The van der Waals surface area contributed by atoms with Crippen LogP contribution in [0.5, 0.6) is 0 Å². The predicted octanol–water partition coefficient (Wildman–Crippen LogP) is 11.8. The molecule has 66 heavy (non-hydrogen) atoms. The molecule has 0 saturated carbocycles. The maximum Gasteiger partial charge on any atom is 0.494 e. The fraction of sp³-hybridized carbons (Fsp3) is 0.720. The van der Waals surface area contributed by atoms with Crippen molar-refractivity contribution in [2.24, 2.45) is 0 Å². The molecule has 5 rings (SSSR count). The first-order valence-corrected chi connectivity index (χ1v) is 24.7. The van der Waals surface area contributed by atoms with E-state index in [0.29, 0.717) is 19.6 Å². The van der Waals surface area contributed by atoms with E-state index in [1.165, 1.54) is 0 Å². The van der Waals surface area contributed by atoms with Crippen molar-refractivity contribution in [1.82, 2.24) is 9.80 Å². The number of carbonyl (C=O) groups is 2. The molecule has 3 aliphatic heterocycles. The summed E-state index contributed by atoms with van der Waals surface area (Å²) in [5.41, 5.74) is 0.0415. The maximum absolute atomic E-state index is 12.6. The smallest absolute Gasteiger partial charge is 0.444 e. The second kappa shape index (κ2) is 22.4. The van der Waals surface area contributed by atoms with Crippen molar-refractivity contribution in [2.75, 3.05) is 13.1 Å². The van der Waals surface area contributed by atoms with Gasteiger partial charge in [0.25, 0.3) is 0 Å². The molecule has 0 aromatic heterocycles. The summed E-state index contributed by atoms with van der Waals surface area (Å²) in [6.07, 6.45) is 3.51. The first-order chi connectivity index (χ1) is 30.0. The van der Waals surface area contributed by atoms with Gasteiger partial charge in [0.05, 0.1) is 33.6 Å². The monoisotopic (exact) mass is 985 g/mol. The van der Waals surface area contributed by atoms with Gasteiger partial charge in [-0.2, -0.15) is 0 Å². The van der Waals surface area contributed by atoms with Gasteiger partial charge in [0.15, 0.2) is 0 Å². The van der Waals surface area contributed by atoms with Crippen LogP contribution in [0.4, 0.5) is 9.59 Å². The van der Waals surface area contributed by atoms with Crippen molar-refractivity contribution >= 4 is 54.7 Å². The van der Waals surface area contributed by atoms with Gasteiger partial charge in [-0.05, 0) is 166 Å². The Morgan fingerprint density at radius 1 is 0.515 bits per heavy atom. The highest BCUT2D eigenvalue weighted by Crippen LogP contribution is 2.43. The molecule has 0 radical (unpaired) electrons. The largest absolute Gasteiger partial charge is 0.494 e. The van der Waals surface area contributed by atoms with Crippen molar-refractivity contribution in [3.8, 4) is 0 Å². The van der Waals surface area contributed by atoms with Crippen molar-refractivity contribution in [2.45, 2.75) is 222 Å². The SMILES string of the molecule is CC1(C)OB(B2OC(C)(C)C(C)(C)O2)OC1(C)C.CCCCN(Cc1ccc(B2OC(C)(C)C(C)(C)O2)cc1)C(=O)OC(C)(C)C.CCCCN(Cc1ccc(Br)cc1)C(=O)OC(C)(C)C. The van der Waals surface area contributed by atoms with Crippen molar-refractivity contribution < 1.29 is 47.0 Å². The van der Waals surface area contributed by atoms with Crippen LogP contribution in [-0.2, 0) is 50.5 Å². The Labute approximate surface area is 409 Å². The molecule has 0 unspecified atom stereocenters. The van der Waals surface area contributed by atoms with Gasteiger partial charge in [-0.25, -0.2) is 9.59 Å². The Balaban J connectivity index is 0.000000271. The number of amides is 2. The van der Waals surface area contributed by atoms with Crippen molar-refractivity contribution in [3.63, 3.8) is 0 Å². The maximum atomic E-state index is 12.6. The second-order valence-corrected chi connectivity index (χ2v) is 23.6. The third-order valence-corrected chi connectivity index (χ3v) is 13.3. The Kier molecular flexibility index (Phi) is 19.6. The zero-order chi connectivity index (χ0) is 50.3. The summed E-state index contributed by atoms with van der Waals surface area (Å²) in [6, 6.07) is 16.1. The average molecular weight is 986 g/mol. The minimum absolute atomic E-state index is 0.242. The van der Waals surface area contributed by atoms with E-state index < -0.39 is 25.2 Å². The summed E-state index contributed by atoms with van der Waals surface area (Å²) < 4.78 is 48.1. The number of carbonyl (C=O) groups excluding carboxylic acids is 2. The minimum Gasteiger partial charge on any atom is -0.444 e. The highest BCUT2D eigenvalue weighted by molar-refractivity contribution is 9.10. The molecule has 0 spiro atoms. The first kappa shape index (κ1) is 57.7. The average Bonchev–Trinajstić information content (AvgIpc) is 3.64. The second-order valence-electron chi connectivity index (χ2n) is 22.7. The molecule has 16 heteroatoms. The lowest BCUT2D eigenvalue weighted by Crippen LogP contribution is -2.41. The van der Waals surface area contributed by atoms with E-state index in [-0.39, 0.29) is 52.9 Å². The standard InChI is InChI=1S/C22H36BNO4.C16H24BrNO2.C12H24B2O4/c1-9-10-15-24(19(25)26-20(2,3)4)16-17-11-13-18(14-12-17)23-27-21(5,6)22(7,8)28-23;1-5-6-11-18(15(19)20-16(2,3)4)12-13-7-9-14(17)10-8-13;1-9(2)10(3,4)16-13(15-9)14-17-11(5,6)12(7,8)18-14/h11-14H,9-10,15-16H2,1-8H3;7-10H,5-6,11-12H2,1-4H3;1-8H3. The Hall–Kier alpha value is -2.59. The van der Waals surface area contributed by atoms with Crippen LogP contribution < -0.4 is 5.46 Å². The molecular weight excluding hydrogens is 901 g/mol. The van der Waals surface area contributed by atoms with Crippen molar-refractivity contribution in [3.05, 3.63) is 64.1 Å². The van der Waals surface area contributed by atoms with Crippen LogP contribution in [0.2, 0.25) is 0 Å². The third kappa shape index (κ3) is 16.5. The van der Waals surface area contributed by atoms with Crippen LogP contribution in [0.15, 0.2) is 53.0 Å². The summed E-state index contributed by atoms with van der Waals surface area (Å²) in [5.74, 6) is 0. The number of hydrogen-bond donors (Lipinski definition) is 0. The topological polar surface area (TPSA) is 114 Å². The predicted molar refractivity (Wildman–Crippen MR) is 272 cm³/mol. The number of nitrogens with zero attached hydrogens (tertiary/aromatic N) is 2. The van der Waals surface area contributed by atoms with E-state index in [2.05, 4.69) is 29.8 Å². The van der Waals surface area contributed by atoms with E-state index in [9.17, 15) is 9.59 Å². The minimum atomic E-state index is -0.498. The zero-order valence-electron chi connectivity index (χ0n) is 44.4. The van der Waals surface area contributed by atoms with Gasteiger partial charge in [-0.15, -0.1) is 0 Å². The molecule has 3 saturated heterocycles. The molecule has 0 N–H and O–H groups in total. The van der Waals surface area contributed by atoms with E-state index in [1.807, 2.05) is 173 Å². The summed E-state index contributed by atoms with van der Waals surface area (Å²) in [5, 5.41) is 0. The molecule has 0 bridgehead atoms. The lowest BCUT2D eigenvalue weighted by Gasteiger charge is -2.32. The molecule has 2 aromatic carbocycles. The van der Waals surface area contributed by atoms with Gasteiger partial charge in [0, 0.05) is 30.7 Å². The van der Waals surface area contributed by atoms with Crippen LogP contribution in [0, 0.1) is 0 Å². The molecular formula is C50H84B3BrN2O10. The number of hydrogen-bond acceptors (Lipinski definition) is 10. The van der Waals surface area contributed by atoms with E-state index in [0.717, 1.165) is 53.3 Å². The van der Waals surface area contributed by atoms with Gasteiger partial charge in [-0.1, -0.05) is 79.0 Å². The molecule has 0 aliphatic carbocycles. The van der Waals surface area contributed by atoms with Gasteiger partial charge in [0.1, 0.15) is 11.2 Å². The van der Waals surface area contributed by atoms with E-state index in [4.69, 9.17) is 37.4 Å². The lowest BCUT2D eigenvalue weighted by atomic mass is 9.49. The summed E-state index contributed by atoms with van der Waals surface area (Å²) >= 11 is 3.42. The molecule has 12 nitrogen and oxygen atoms in total. The third-order valence-electron chi connectivity index (χ3n) is 12.8. The highest BCUT2D eigenvalue weighted by Gasteiger charge is 2.63. The Bertz CT molecular complexity index is 1780. The molecule has 2 aromatic rings. The van der Waals surface area contributed by atoms with E-state index >= 15 is 0 Å². The van der Waals surface area contributed by atoms with Crippen LogP contribution in [0.1, 0.15) is 175 Å². The summed E-state index contributed by atoms with van der Waals surface area (Å²) in [7, 11) is -1.33. The quantitative estimate of drug-likeness (QED) is 0.190. The van der Waals surface area contributed by atoms with Crippen LogP contribution in [0.3, 0.4) is 0 Å². The van der Waals surface area contributed by atoms with Crippen LogP contribution in [0.25, 0.3) is 0 Å². The fourth-order valence-electron chi connectivity index (χ4n) is 6.61. The van der Waals surface area contributed by atoms with Gasteiger partial charge >= 0.3 is 33.3 Å². The molecule has 0 atom stereocenters.